The normalized spacial score (nSPS) is 21.7. The summed E-state index contributed by atoms with van der Waals surface area (Å²) in [4.78, 5) is 12.8. The Morgan fingerprint density at radius 3 is 2.43 bits per heavy atom. The number of allylic oxidation sites excluding steroid dienone is 1. The maximum atomic E-state index is 12.8. The fraction of sp³-hybridized carbons (Fsp3) is 0.400. The van der Waals surface area contributed by atoms with Crippen LogP contribution in [-0.4, -0.2) is 17.3 Å². The van der Waals surface area contributed by atoms with Crippen molar-refractivity contribution >= 4 is 11.6 Å². The smallest absolute Gasteiger partial charge is 0.290 e. The lowest BCUT2D eigenvalue weighted by Gasteiger charge is -2.32. The van der Waals surface area contributed by atoms with Crippen LogP contribution in [0.1, 0.15) is 43.2 Å². The molecule has 2 aromatic rings. The van der Waals surface area contributed by atoms with E-state index in [1.54, 1.807) is 0 Å². The third kappa shape index (κ3) is 5.29. The molecule has 0 spiro atoms. The zero-order valence-electron chi connectivity index (χ0n) is 17.1. The Labute approximate surface area is 177 Å². The van der Waals surface area contributed by atoms with Crippen molar-refractivity contribution in [1.82, 2.24) is 0 Å². The minimum Gasteiger partial charge on any atom is -0.459 e. The zero-order valence-corrected chi connectivity index (χ0v) is 17.1. The number of aliphatic hydroxyl groups excluding tert-OH is 1. The topological polar surface area (TPSA) is 67.8 Å². The summed E-state index contributed by atoms with van der Waals surface area (Å²) in [6, 6.07) is 17.1. The van der Waals surface area contributed by atoms with Crippen LogP contribution in [0.5, 0.6) is 0 Å². The maximum Gasteiger partial charge on any atom is 0.290 e. The van der Waals surface area contributed by atoms with Gasteiger partial charge in [0.25, 0.3) is 5.91 Å². The van der Waals surface area contributed by atoms with E-state index in [-0.39, 0.29) is 12.5 Å². The largest absolute Gasteiger partial charge is 0.459 e. The first kappa shape index (κ1) is 20.6. The molecule has 2 N–H and O–H groups in total. The highest BCUT2D eigenvalue weighted by atomic mass is 16.7. The maximum absolute atomic E-state index is 12.8. The van der Waals surface area contributed by atoms with Crippen molar-refractivity contribution in [2.24, 2.45) is 11.8 Å². The molecule has 1 saturated carbocycles. The van der Waals surface area contributed by atoms with E-state index in [0.29, 0.717) is 24.2 Å². The predicted octanol–water partition coefficient (Wildman–Crippen LogP) is 4.77. The SMILES string of the molecule is O=C(Nc1ccccc1)C1=C[C@H](C2CCCC2)C[C@H](OCc2ccc(CO)cc2)O1. The van der Waals surface area contributed by atoms with Crippen LogP contribution in [-0.2, 0) is 27.5 Å². The summed E-state index contributed by atoms with van der Waals surface area (Å²) in [5.74, 6) is 0.996. The zero-order chi connectivity index (χ0) is 20.8. The molecule has 0 aromatic heterocycles. The van der Waals surface area contributed by atoms with E-state index in [0.717, 1.165) is 23.2 Å². The van der Waals surface area contributed by atoms with Crippen molar-refractivity contribution < 1.29 is 19.4 Å². The molecule has 0 saturated heterocycles. The fourth-order valence-corrected chi connectivity index (χ4v) is 4.30. The molecule has 2 aliphatic rings. The standard InChI is InChI=1S/C25H29NO4/c27-16-18-10-12-19(13-11-18)17-29-24-15-21(20-6-4-5-7-20)14-23(30-24)25(28)26-22-8-2-1-3-9-22/h1-3,8-14,20-21,24,27H,4-7,15-17H2,(H,26,28)/t21-,24+/m0/s1. The van der Waals surface area contributed by atoms with Gasteiger partial charge in [0.15, 0.2) is 5.76 Å². The van der Waals surface area contributed by atoms with E-state index < -0.39 is 6.29 Å². The third-order valence-electron chi connectivity index (χ3n) is 5.99. The van der Waals surface area contributed by atoms with Crippen molar-refractivity contribution in [2.75, 3.05) is 5.32 Å². The molecule has 30 heavy (non-hydrogen) atoms. The predicted molar refractivity (Wildman–Crippen MR) is 115 cm³/mol. The van der Waals surface area contributed by atoms with Crippen LogP contribution < -0.4 is 5.32 Å². The van der Waals surface area contributed by atoms with E-state index in [9.17, 15) is 9.90 Å². The molecule has 1 fully saturated rings. The Kier molecular flexibility index (Phi) is 6.82. The van der Waals surface area contributed by atoms with Crippen LogP contribution in [0.4, 0.5) is 5.69 Å². The lowest BCUT2D eigenvalue weighted by molar-refractivity contribution is -0.153. The number of aliphatic hydroxyl groups is 1. The second-order valence-corrected chi connectivity index (χ2v) is 8.13. The summed E-state index contributed by atoms with van der Waals surface area (Å²) < 4.78 is 12.0. The first-order valence-electron chi connectivity index (χ1n) is 10.8. The first-order chi connectivity index (χ1) is 14.7. The van der Waals surface area contributed by atoms with Gasteiger partial charge in [-0.3, -0.25) is 4.79 Å². The fourth-order valence-electron chi connectivity index (χ4n) is 4.30. The summed E-state index contributed by atoms with van der Waals surface area (Å²) in [5, 5.41) is 12.1. The van der Waals surface area contributed by atoms with Crippen molar-refractivity contribution in [3.8, 4) is 0 Å². The summed E-state index contributed by atoms with van der Waals surface area (Å²) in [7, 11) is 0. The molecule has 1 aliphatic heterocycles. The molecule has 2 atom stereocenters. The third-order valence-corrected chi connectivity index (χ3v) is 5.99. The van der Waals surface area contributed by atoms with Crippen LogP contribution in [0.3, 0.4) is 0 Å². The minimum absolute atomic E-state index is 0.0284. The molecule has 4 rings (SSSR count). The summed E-state index contributed by atoms with van der Waals surface area (Å²) in [6.45, 7) is 0.433. The second-order valence-electron chi connectivity index (χ2n) is 8.13. The number of carbonyl (C=O) groups excluding carboxylic acids is 1. The average molecular weight is 408 g/mol. The number of amides is 1. The Morgan fingerprint density at radius 1 is 1.03 bits per heavy atom. The number of benzene rings is 2. The van der Waals surface area contributed by atoms with E-state index in [4.69, 9.17) is 9.47 Å². The number of para-hydroxylation sites is 1. The quantitative estimate of drug-likeness (QED) is 0.694. The molecule has 1 aliphatic carbocycles. The van der Waals surface area contributed by atoms with E-state index in [1.807, 2.05) is 60.7 Å². The Morgan fingerprint density at radius 2 is 1.73 bits per heavy atom. The van der Waals surface area contributed by atoms with Crippen molar-refractivity contribution in [3.05, 3.63) is 77.6 Å². The van der Waals surface area contributed by atoms with Crippen LogP contribution in [0.2, 0.25) is 0 Å². The van der Waals surface area contributed by atoms with Gasteiger partial charge >= 0.3 is 0 Å². The highest BCUT2D eigenvalue weighted by Crippen LogP contribution is 2.38. The van der Waals surface area contributed by atoms with Gasteiger partial charge in [-0.15, -0.1) is 0 Å². The minimum atomic E-state index is -0.449. The molecule has 2 aromatic carbocycles. The van der Waals surface area contributed by atoms with E-state index in [1.165, 1.54) is 25.7 Å². The molecule has 0 unspecified atom stereocenters. The van der Waals surface area contributed by atoms with Crippen LogP contribution in [0.15, 0.2) is 66.4 Å². The van der Waals surface area contributed by atoms with Gasteiger partial charge < -0.3 is 19.9 Å². The number of rotatable bonds is 7. The van der Waals surface area contributed by atoms with Gasteiger partial charge in [-0.2, -0.15) is 0 Å². The van der Waals surface area contributed by atoms with Gasteiger partial charge in [0.05, 0.1) is 13.2 Å². The van der Waals surface area contributed by atoms with E-state index in [2.05, 4.69) is 5.32 Å². The van der Waals surface area contributed by atoms with Crippen LogP contribution in [0.25, 0.3) is 0 Å². The monoisotopic (exact) mass is 407 g/mol. The molecular weight excluding hydrogens is 378 g/mol. The molecule has 158 valence electrons. The second kappa shape index (κ2) is 9.92. The highest BCUT2D eigenvalue weighted by molar-refractivity contribution is 6.02. The number of carbonyl (C=O) groups is 1. The summed E-state index contributed by atoms with van der Waals surface area (Å²) in [6.07, 6.45) is 7.23. The van der Waals surface area contributed by atoms with E-state index >= 15 is 0 Å². The number of hydrogen-bond acceptors (Lipinski definition) is 4. The molecule has 0 radical (unpaired) electrons. The summed E-state index contributed by atoms with van der Waals surface area (Å²) >= 11 is 0. The average Bonchev–Trinajstić information content (AvgIpc) is 3.34. The Hall–Kier alpha value is -2.63. The highest BCUT2D eigenvalue weighted by Gasteiger charge is 2.33. The van der Waals surface area contributed by atoms with Gasteiger partial charge in [0.1, 0.15) is 0 Å². The Bertz CT molecular complexity index is 856. The molecule has 1 amide bonds. The number of nitrogens with one attached hydrogen (secondary N) is 1. The molecule has 0 bridgehead atoms. The van der Waals surface area contributed by atoms with Crippen molar-refractivity contribution in [1.29, 1.82) is 0 Å². The molecule has 5 nitrogen and oxygen atoms in total. The number of anilines is 1. The summed E-state index contributed by atoms with van der Waals surface area (Å²) in [5.41, 5.74) is 2.63. The van der Waals surface area contributed by atoms with Crippen LogP contribution >= 0.6 is 0 Å². The lowest BCUT2D eigenvalue weighted by Crippen LogP contribution is -2.32. The molecule has 5 heteroatoms. The number of hydrogen-bond donors (Lipinski definition) is 2. The van der Waals surface area contributed by atoms with Crippen molar-refractivity contribution in [3.63, 3.8) is 0 Å². The van der Waals surface area contributed by atoms with Crippen molar-refractivity contribution in [2.45, 2.75) is 51.6 Å². The van der Waals surface area contributed by atoms with Gasteiger partial charge in [-0.1, -0.05) is 55.3 Å². The molecular formula is C25H29NO4. The van der Waals surface area contributed by atoms with Gasteiger partial charge in [-0.25, -0.2) is 0 Å². The van der Waals surface area contributed by atoms with Crippen LogP contribution in [0, 0.1) is 11.8 Å². The number of ether oxygens (including phenoxy) is 2. The Balaban J connectivity index is 1.43. The van der Waals surface area contributed by atoms with Gasteiger partial charge in [0.2, 0.25) is 6.29 Å². The van der Waals surface area contributed by atoms with Gasteiger partial charge in [0, 0.05) is 12.1 Å². The molecule has 1 heterocycles. The lowest BCUT2D eigenvalue weighted by atomic mass is 9.86. The van der Waals surface area contributed by atoms with Gasteiger partial charge in [-0.05, 0) is 54.0 Å². The first-order valence-corrected chi connectivity index (χ1v) is 10.8.